The van der Waals surface area contributed by atoms with Gasteiger partial charge in [-0.3, -0.25) is 4.79 Å². The molecule has 32 heavy (non-hydrogen) atoms. The Bertz CT molecular complexity index is 1260. The summed E-state index contributed by atoms with van der Waals surface area (Å²) >= 11 is 0. The van der Waals surface area contributed by atoms with Gasteiger partial charge in [-0.2, -0.15) is 4.98 Å². The van der Waals surface area contributed by atoms with E-state index in [1.807, 2.05) is 43.3 Å². The summed E-state index contributed by atoms with van der Waals surface area (Å²) in [5.41, 5.74) is 2.71. The van der Waals surface area contributed by atoms with Gasteiger partial charge in [-0.25, -0.2) is 9.61 Å². The maximum atomic E-state index is 12.6. The highest BCUT2D eigenvalue weighted by atomic mass is 16.6. The zero-order valence-corrected chi connectivity index (χ0v) is 18.1. The maximum Gasteiger partial charge on any atom is 0.251 e. The van der Waals surface area contributed by atoms with Crippen molar-refractivity contribution in [1.29, 1.82) is 0 Å². The molecule has 0 unspecified atom stereocenters. The van der Waals surface area contributed by atoms with Crippen LogP contribution < -0.4 is 15.5 Å². The van der Waals surface area contributed by atoms with Crippen LogP contribution in [0.5, 0.6) is 0 Å². The highest BCUT2D eigenvalue weighted by molar-refractivity contribution is 5.97. The SMILES string of the molecule is CN(C)c1nc(NC2CCC(NC(=O)c3ccc4nonc4c3)CC2)nc2ccccc12. The number of fused-ring (bicyclic) bond motifs is 2. The molecule has 2 N–H and O–H groups in total. The van der Waals surface area contributed by atoms with Gasteiger partial charge >= 0.3 is 0 Å². The Hall–Kier alpha value is -3.75. The average Bonchev–Trinajstić information content (AvgIpc) is 3.27. The van der Waals surface area contributed by atoms with Gasteiger partial charge in [0.25, 0.3) is 5.91 Å². The van der Waals surface area contributed by atoms with Gasteiger partial charge in [-0.15, -0.1) is 0 Å². The number of aromatic nitrogens is 4. The van der Waals surface area contributed by atoms with Crippen LogP contribution in [0.4, 0.5) is 11.8 Å². The van der Waals surface area contributed by atoms with Crippen molar-refractivity contribution in [2.45, 2.75) is 37.8 Å². The van der Waals surface area contributed by atoms with Gasteiger partial charge in [-0.1, -0.05) is 12.1 Å². The number of anilines is 2. The molecular weight excluding hydrogens is 406 g/mol. The van der Waals surface area contributed by atoms with Crippen molar-refractivity contribution in [2.24, 2.45) is 0 Å². The monoisotopic (exact) mass is 431 g/mol. The first kappa shape index (κ1) is 20.2. The molecule has 9 heteroatoms. The standard InChI is InChI=1S/C23H25N7O2/c1-30(2)21-17-5-3-4-6-18(17)26-23(27-21)25-16-10-8-15(9-11-16)24-22(31)14-7-12-19-20(13-14)29-32-28-19/h3-7,12-13,15-16H,8-11H2,1-2H3,(H,24,31)(H,25,26,27). The first-order valence-electron chi connectivity index (χ1n) is 10.8. The fourth-order valence-electron chi connectivity index (χ4n) is 4.22. The number of nitrogens with zero attached hydrogens (tertiary/aromatic N) is 5. The molecule has 1 aliphatic carbocycles. The van der Waals surface area contributed by atoms with E-state index >= 15 is 0 Å². The van der Waals surface area contributed by atoms with Crippen molar-refractivity contribution in [2.75, 3.05) is 24.3 Å². The number of hydrogen-bond donors (Lipinski definition) is 2. The van der Waals surface area contributed by atoms with Crippen LogP contribution in [0.1, 0.15) is 36.0 Å². The molecule has 9 nitrogen and oxygen atoms in total. The van der Waals surface area contributed by atoms with Crippen LogP contribution >= 0.6 is 0 Å². The van der Waals surface area contributed by atoms with Gasteiger partial charge in [0.2, 0.25) is 5.95 Å². The molecule has 5 rings (SSSR count). The van der Waals surface area contributed by atoms with Crippen LogP contribution in [0, 0.1) is 0 Å². The number of carbonyl (C=O) groups excluding carboxylic acids is 1. The van der Waals surface area contributed by atoms with E-state index < -0.39 is 0 Å². The van der Waals surface area contributed by atoms with Crippen molar-refractivity contribution < 1.29 is 9.42 Å². The van der Waals surface area contributed by atoms with Gasteiger partial charge in [0.05, 0.1) is 5.52 Å². The second-order valence-corrected chi connectivity index (χ2v) is 8.42. The lowest BCUT2D eigenvalue weighted by Gasteiger charge is -2.30. The van der Waals surface area contributed by atoms with E-state index in [2.05, 4.69) is 20.9 Å². The Morgan fingerprint density at radius 1 is 0.938 bits per heavy atom. The predicted molar refractivity (Wildman–Crippen MR) is 123 cm³/mol. The van der Waals surface area contributed by atoms with Crippen LogP contribution in [-0.2, 0) is 0 Å². The van der Waals surface area contributed by atoms with Gasteiger partial charge in [0.15, 0.2) is 0 Å². The third kappa shape index (κ3) is 4.05. The van der Waals surface area contributed by atoms with E-state index in [0.29, 0.717) is 22.5 Å². The maximum absolute atomic E-state index is 12.6. The number of hydrogen-bond acceptors (Lipinski definition) is 8. The summed E-state index contributed by atoms with van der Waals surface area (Å²) in [6, 6.07) is 13.6. The second kappa shape index (κ2) is 8.41. The number of carbonyl (C=O) groups is 1. The summed E-state index contributed by atoms with van der Waals surface area (Å²) in [5, 5.41) is 15.3. The van der Waals surface area contributed by atoms with Gasteiger partial charge in [0.1, 0.15) is 16.9 Å². The summed E-state index contributed by atoms with van der Waals surface area (Å²) in [5.74, 6) is 1.45. The fraction of sp³-hybridized carbons (Fsp3) is 0.348. The molecule has 1 aliphatic rings. The van der Waals surface area contributed by atoms with Gasteiger partial charge < -0.3 is 15.5 Å². The molecular formula is C23H25N7O2. The van der Waals surface area contributed by atoms with E-state index in [1.165, 1.54) is 0 Å². The van der Waals surface area contributed by atoms with E-state index in [1.54, 1.807) is 18.2 Å². The van der Waals surface area contributed by atoms with Crippen LogP contribution in [-0.4, -0.2) is 52.4 Å². The van der Waals surface area contributed by atoms with Crippen molar-refractivity contribution in [1.82, 2.24) is 25.6 Å². The molecule has 164 valence electrons. The molecule has 2 aromatic heterocycles. The largest absolute Gasteiger partial charge is 0.362 e. The summed E-state index contributed by atoms with van der Waals surface area (Å²) in [6.07, 6.45) is 3.66. The minimum Gasteiger partial charge on any atom is -0.362 e. The lowest BCUT2D eigenvalue weighted by molar-refractivity contribution is 0.0926. The zero-order chi connectivity index (χ0) is 22.1. The third-order valence-corrected chi connectivity index (χ3v) is 5.92. The highest BCUT2D eigenvalue weighted by Crippen LogP contribution is 2.26. The van der Waals surface area contributed by atoms with E-state index in [4.69, 9.17) is 14.6 Å². The Morgan fingerprint density at radius 2 is 1.69 bits per heavy atom. The van der Waals surface area contributed by atoms with Crippen LogP contribution in [0.25, 0.3) is 21.9 Å². The van der Waals surface area contributed by atoms with Crippen LogP contribution in [0.3, 0.4) is 0 Å². The molecule has 0 saturated heterocycles. The Balaban J connectivity index is 1.21. The van der Waals surface area contributed by atoms with E-state index in [-0.39, 0.29) is 18.0 Å². The van der Waals surface area contributed by atoms with Crippen LogP contribution in [0.15, 0.2) is 47.1 Å². The third-order valence-electron chi connectivity index (χ3n) is 5.92. The van der Waals surface area contributed by atoms with Gasteiger partial charge in [0, 0.05) is 37.1 Å². The van der Waals surface area contributed by atoms with Crippen LogP contribution in [0.2, 0.25) is 0 Å². The normalized spacial score (nSPS) is 18.6. The summed E-state index contributed by atoms with van der Waals surface area (Å²) in [6.45, 7) is 0. The Morgan fingerprint density at radius 3 is 2.50 bits per heavy atom. The quantitative estimate of drug-likeness (QED) is 0.495. The molecule has 0 spiro atoms. The molecule has 0 aliphatic heterocycles. The smallest absolute Gasteiger partial charge is 0.251 e. The molecule has 1 amide bonds. The predicted octanol–water partition coefficient (Wildman–Crippen LogP) is 3.39. The number of amides is 1. The molecule has 1 fully saturated rings. The first-order chi connectivity index (χ1) is 15.6. The molecule has 0 radical (unpaired) electrons. The topological polar surface area (TPSA) is 109 Å². The zero-order valence-electron chi connectivity index (χ0n) is 18.1. The highest BCUT2D eigenvalue weighted by Gasteiger charge is 2.24. The summed E-state index contributed by atoms with van der Waals surface area (Å²) < 4.78 is 4.70. The van der Waals surface area contributed by atoms with Crippen molar-refractivity contribution in [3.8, 4) is 0 Å². The molecule has 2 heterocycles. The van der Waals surface area contributed by atoms with Crippen molar-refractivity contribution in [3.05, 3.63) is 48.0 Å². The van der Waals surface area contributed by atoms with E-state index in [9.17, 15) is 4.79 Å². The minimum absolute atomic E-state index is 0.0974. The average molecular weight is 432 g/mol. The lowest BCUT2D eigenvalue weighted by atomic mass is 9.91. The van der Waals surface area contributed by atoms with E-state index in [0.717, 1.165) is 42.4 Å². The molecule has 0 bridgehead atoms. The van der Waals surface area contributed by atoms with Crippen molar-refractivity contribution in [3.63, 3.8) is 0 Å². The van der Waals surface area contributed by atoms with Crippen molar-refractivity contribution >= 4 is 39.6 Å². The minimum atomic E-state index is -0.0974. The molecule has 4 aromatic rings. The fourth-order valence-corrected chi connectivity index (χ4v) is 4.22. The van der Waals surface area contributed by atoms with Gasteiger partial charge in [-0.05, 0) is 66.3 Å². The number of para-hydroxylation sites is 1. The second-order valence-electron chi connectivity index (χ2n) is 8.42. The lowest BCUT2D eigenvalue weighted by Crippen LogP contribution is -2.40. The Kier molecular flexibility index (Phi) is 5.30. The number of rotatable bonds is 5. The number of nitrogens with one attached hydrogen (secondary N) is 2. The molecule has 1 saturated carbocycles. The molecule has 0 atom stereocenters. The molecule has 2 aromatic carbocycles. The Labute approximate surface area is 185 Å². The number of benzene rings is 2. The first-order valence-corrected chi connectivity index (χ1v) is 10.8. The summed E-state index contributed by atoms with van der Waals surface area (Å²) in [4.78, 5) is 24.1. The summed E-state index contributed by atoms with van der Waals surface area (Å²) in [7, 11) is 3.98.